The van der Waals surface area contributed by atoms with E-state index in [2.05, 4.69) is 220 Å². The van der Waals surface area contributed by atoms with Gasteiger partial charge in [0.1, 0.15) is 5.58 Å². The summed E-state index contributed by atoms with van der Waals surface area (Å²) in [7, 11) is 0.834. The highest BCUT2D eigenvalue weighted by Gasteiger charge is 2.46. The van der Waals surface area contributed by atoms with Crippen LogP contribution in [-0.2, 0) is 27.1 Å². The summed E-state index contributed by atoms with van der Waals surface area (Å²) in [5.74, 6) is 0. The van der Waals surface area contributed by atoms with E-state index in [0.717, 1.165) is 47.0 Å². The molecule has 0 unspecified atom stereocenters. The zero-order valence-electron chi connectivity index (χ0n) is 44.5. The van der Waals surface area contributed by atoms with E-state index in [1.54, 1.807) is 0 Å². The Bertz CT molecular complexity index is 4040. The first kappa shape index (κ1) is 45.1. The van der Waals surface area contributed by atoms with Crippen LogP contribution >= 0.6 is 11.3 Å². The van der Waals surface area contributed by atoms with Gasteiger partial charge in [0.25, 0.3) is 0 Å². The Morgan fingerprint density at radius 3 is 1.86 bits per heavy atom. The number of fused-ring (bicyclic) bond motifs is 14. The molecule has 73 heavy (non-hydrogen) atoms. The van der Waals surface area contributed by atoms with E-state index in [1.165, 1.54) is 129 Å². The molecule has 362 valence electrons. The Labute approximate surface area is 435 Å². The monoisotopic (exact) mass is 968 g/mol. The fourth-order valence-electron chi connectivity index (χ4n) is 14.2. The smallest absolute Gasteiger partial charge is 0.211 e. The largest absolute Gasteiger partial charge is 0.454 e. The predicted octanol–water partition coefficient (Wildman–Crippen LogP) is 17.8. The van der Waals surface area contributed by atoms with E-state index in [0.29, 0.717) is 0 Å². The van der Waals surface area contributed by atoms with Crippen LogP contribution < -0.4 is 20.5 Å². The van der Waals surface area contributed by atoms with Gasteiger partial charge in [-0.3, -0.25) is 0 Å². The van der Waals surface area contributed by atoms with Crippen LogP contribution in [0.2, 0.25) is 0 Å². The molecule has 0 saturated carbocycles. The summed E-state index contributed by atoms with van der Waals surface area (Å²) in [6, 6.07) is 51.0. The number of nitrogens with one attached hydrogen (secondary N) is 1. The topological polar surface area (TPSA) is 28.4 Å². The van der Waals surface area contributed by atoms with Crippen LogP contribution in [0.15, 0.2) is 138 Å². The highest BCUT2D eigenvalue weighted by atomic mass is 32.1. The number of thiophene rings is 1. The van der Waals surface area contributed by atoms with Gasteiger partial charge in [0.05, 0.1) is 11.4 Å². The normalized spacial score (nSPS) is 18.2. The van der Waals surface area contributed by atoms with Gasteiger partial charge in [-0.25, -0.2) is 0 Å². The number of hydrogen-bond donors (Lipinski definition) is 1. The summed E-state index contributed by atoms with van der Waals surface area (Å²) in [6.45, 7) is 27.2. The van der Waals surface area contributed by atoms with E-state index in [1.807, 2.05) is 11.3 Å². The summed E-state index contributed by atoms with van der Waals surface area (Å²) in [4.78, 5) is 2.83. The van der Waals surface area contributed by atoms with Crippen molar-refractivity contribution in [2.75, 3.05) is 10.2 Å². The standard InChI is InChI=1S/C68H65BN2OS/c1-38-31-49-51(66(6,7)29-27-64(49,2)3)36-55(38)71-60-47-35-50-52(67(8,9)30-28-65(50,4)5)37-57(47)73-63(60)69-59-46(34-45-41-21-14-16-24-48(41)68(10,11)58(45)61(59)71)44-32-39-19-12-13-20-40(39)33-54(44)70-53-25-18-23-43-42-22-15-17-26-56(42)72-62(43)53/h12-26,31-37,69-70H,27-30H2,1-11H3. The van der Waals surface area contributed by atoms with E-state index < -0.39 is 0 Å². The lowest BCUT2D eigenvalue weighted by Gasteiger charge is -2.44. The van der Waals surface area contributed by atoms with Gasteiger partial charge in [-0.2, -0.15) is 0 Å². The van der Waals surface area contributed by atoms with Gasteiger partial charge >= 0.3 is 0 Å². The van der Waals surface area contributed by atoms with Crippen LogP contribution in [0.4, 0.5) is 28.4 Å². The average molecular weight is 969 g/mol. The van der Waals surface area contributed by atoms with Crippen molar-refractivity contribution in [1.82, 2.24) is 0 Å². The van der Waals surface area contributed by atoms with Crippen molar-refractivity contribution in [3.63, 3.8) is 0 Å². The minimum Gasteiger partial charge on any atom is -0.454 e. The Morgan fingerprint density at radius 1 is 0.507 bits per heavy atom. The molecule has 1 aliphatic heterocycles. The van der Waals surface area contributed by atoms with Crippen molar-refractivity contribution in [1.29, 1.82) is 0 Å². The minimum absolute atomic E-state index is 0.0355. The van der Waals surface area contributed by atoms with E-state index in [4.69, 9.17) is 4.42 Å². The first-order chi connectivity index (χ1) is 34.8. The molecule has 2 aromatic heterocycles. The zero-order valence-corrected chi connectivity index (χ0v) is 45.3. The van der Waals surface area contributed by atoms with E-state index in [9.17, 15) is 0 Å². The zero-order chi connectivity index (χ0) is 50.3. The summed E-state index contributed by atoms with van der Waals surface area (Å²) >= 11 is 2.04. The number of furan rings is 1. The number of anilines is 5. The number of aryl methyl sites for hydroxylation is 1. The lowest BCUT2D eigenvalue weighted by atomic mass is 9.59. The highest BCUT2D eigenvalue weighted by molar-refractivity contribution is 7.29. The maximum atomic E-state index is 6.71. The molecule has 3 heterocycles. The number of para-hydroxylation sites is 2. The fraction of sp³-hybridized carbons (Fsp3) is 0.294. The van der Waals surface area contributed by atoms with Crippen LogP contribution in [-0.4, -0.2) is 7.28 Å². The van der Waals surface area contributed by atoms with Crippen molar-refractivity contribution >= 4 is 100 Å². The second kappa shape index (κ2) is 15.0. The molecule has 10 aromatic rings. The van der Waals surface area contributed by atoms with Crippen LogP contribution in [0.3, 0.4) is 0 Å². The molecular weight excluding hydrogens is 904 g/mol. The third kappa shape index (κ3) is 6.43. The van der Waals surface area contributed by atoms with Crippen molar-refractivity contribution in [2.24, 2.45) is 0 Å². The lowest BCUT2D eigenvalue weighted by Crippen LogP contribution is -2.42. The molecule has 0 fully saturated rings. The molecule has 8 aromatic carbocycles. The van der Waals surface area contributed by atoms with Crippen LogP contribution in [0, 0.1) is 6.92 Å². The van der Waals surface area contributed by atoms with Crippen LogP contribution in [0.5, 0.6) is 0 Å². The molecule has 1 N–H and O–H groups in total. The van der Waals surface area contributed by atoms with Crippen molar-refractivity contribution in [2.45, 2.75) is 129 Å². The molecule has 0 bridgehead atoms. The molecule has 5 heteroatoms. The maximum Gasteiger partial charge on any atom is 0.211 e. The van der Waals surface area contributed by atoms with Crippen molar-refractivity contribution in [3.8, 4) is 22.3 Å². The molecule has 0 atom stereocenters. The first-order valence-corrected chi connectivity index (χ1v) is 27.7. The van der Waals surface area contributed by atoms with Gasteiger partial charge in [-0.15, -0.1) is 11.3 Å². The molecule has 0 amide bonds. The number of rotatable bonds is 4. The molecule has 3 aliphatic carbocycles. The molecule has 3 nitrogen and oxygen atoms in total. The van der Waals surface area contributed by atoms with Crippen LogP contribution in [0.1, 0.15) is 134 Å². The SMILES string of the molecule is Cc1cc2c(cc1N1c3c(c(-c4cc5ccccc5cc4Nc4cccc5c4oc4ccccc45)cc4c3C(C)(C)c3ccccc3-4)Bc3sc4cc5c(cc4c31)C(C)(C)CCC5(C)C)C(C)(C)CCC2(C)C. The summed E-state index contributed by atoms with van der Waals surface area (Å²) in [5.41, 5.74) is 24.6. The average Bonchev–Trinajstić information content (AvgIpc) is 4.00. The quantitative estimate of drug-likeness (QED) is 0.178. The fourth-order valence-corrected chi connectivity index (χ4v) is 15.4. The predicted molar refractivity (Wildman–Crippen MR) is 316 cm³/mol. The summed E-state index contributed by atoms with van der Waals surface area (Å²) in [6.07, 6.45) is 4.73. The van der Waals surface area contributed by atoms with E-state index >= 15 is 0 Å². The van der Waals surface area contributed by atoms with Crippen LogP contribution in [0.25, 0.3) is 65.1 Å². The second-order valence-corrected chi connectivity index (χ2v) is 26.6. The van der Waals surface area contributed by atoms with Gasteiger partial charge in [-0.05, 0) is 179 Å². The van der Waals surface area contributed by atoms with E-state index in [-0.39, 0.29) is 27.1 Å². The molecule has 14 rings (SSSR count). The molecular formula is C68H65BN2OS. The maximum absolute atomic E-state index is 6.71. The Morgan fingerprint density at radius 2 is 1.12 bits per heavy atom. The van der Waals surface area contributed by atoms with Gasteiger partial charge in [0, 0.05) is 48.9 Å². The lowest BCUT2D eigenvalue weighted by molar-refractivity contribution is 0.332. The summed E-state index contributed by atoms with van der Waals surface area (Å²) < 4.78 is 9.54. The van der Waals surface area contributed by atoms with Gasteiger partial charge < -0.3 is 14.6 Å². The van der Waals surface area contributed by atoms with Crippen molar-refractivity contribution in [3.05, 3.63) is 172 Å². The Hall–Kier alpha value is -6.56. The second-order valence-electron chi connectivity index (χ2n) is 25.5. The number of hydrogen-bond acceptors (Lipinski definition) is 4. The minimum atomic E-state index is -0.272. The molecule has 0 radical (unpaired) electrons. The number of benzene rings is 8. The summed E-state index contributed by atoms with van der Waals surface area (Å²) in [5, 5.41) is 10.1. The molecule has 0 saturated heterocycles. The first-order valence-electron chi connectivity index (χ1n) is 26.9. The number of nitrogens with zero attached hydrogens (tertiary/aromatic N) is 1. The van der Waals surface area contributed by atoms with Crippen molar-refractivity contribution < 1.29 is 4.42 Å². The van der Waals surface area contributed by atoms with Gasteiger partial charge in [0.2, 0.25) is 7.28 Å². The molecule has 4 aliphatic rings. The van der Waals surface area contributed by atoms with Gasteiger partial charge in [0.15, 0.2) is 5.58 Å². The third-order valence-corrected chi connectivity index (χ3v) is 19.8. The third-order valence-electron chi connectivity index (χ3n) is 18.7. The Balaban J connectivity index is 1.11. The van der Waals surface area contributed by atoms with Gasteiger partial charge in [-0.1, -0.05) is 154 Å². The highest BCUT2D eigenvalue weighted by Crippen LogP contribution is 2.59. The molecule has 0 spiro atoms. The Kier molecular flexibility index (Phi) is 9.29.